The number of carbonyl (C=O) groups is 1. The molecule has 1 aromatic carbocycles. The minimum Gasteiger partial charge on any atom is -0.409 e. The van der Waals surface area contributed by atoms with Crippen LogP contribution in [0.5, 0.6) is 0 Å². The van der Waals surface area contributed by atoms with Crippen molar-refractivity contribution in [2.24, 2.45) is 5.16 Å². The molecule has 0 radical (unpaired) electrons. The molecular formula is C15H17FN6O4. The molecule has 10 nitrogen and oxygen atoms in total. The summed E-state index contributed by atoms with van der Waals surface area (Å²) in [6, 6.07) is 4.26. The number of carbonyl (C=O) groups excluding carboxylic acids is 1. The fourth-order valence-electron chi connectivity index (χ4n) is 2.59. The number of nitrogens with zero attached hydrogens (tertiary/aromatic N) is 3. The predicted octanol–water partition coefficient (Wildman–Crippen LogP) is -0.248. The van der Waals surface area contributed by atoms with Crippen LogP contribution < -0.4 is 16.0 Å². The Kier molecular flexibility index (Phi) is 5.27. The van der Waals surface area contributed by atoms with Gasteiger partial charge >= 0.3 is 0 Å². The maximum absolute atomic E-state index is 13.4. The van der Waals surface area contributed by atoms with E-state index in [0.717, 1.165) is 11.1 Å². The summed E-state index contributed by atoms with van der Waals surface area (Å²) in [7, 11) is 0. The van der Waals surface area contributed by atoms with E-state index in [0.29, 0.717) is 6.42 Å². The lowest BCUT2D eigenvalue weighted by Crippen LogP contribution is -2.37. The number of anilines is 1. The van der Waals surface area contributed by atoms with Gasteiger partial charge in [0.1, 0.15) is 5.82 Å². The molecular weight excluding hydrogens is 347 g/mol. The van der Waals surface area contributed by atoms with Crippen LogP contribution in [0.2, 0.25) is 0 Å². The second-order valence-electron chi connectivity index (χ2n) is 5.58. The van der Waals surface area contributed by atoms with E-state index in [1.165, 1.54) is 12.1 Å². The Labute approximate surface area is 147 Å². The second kappa shape index (κ2) is 7.78. The van der Waals surface area contributed by atoms with Crippen molar-refractivity contribution >= 4 is 17.6 Å². The summed E-state index contributed by atoms with van der Waals surface area (Å²) in [6.07, 6.45) is 0.631. The van der Waals surface area contributed by atoms with Crippen LogP contribution in [0.25, 0.3) is 0 Å². The van der Waals surface area contributed by atoms with Crippen molar-refractivity contribution in [2.45, 2.75) is 12.5 Å². The smallest absolute Gasteiger partial charge is 0.239 e. The van der Waals surface area contributed by atoms with Crippen molar-refractivity contribution < 1.29 is 24.1 Å². The van der Waals surface area contributed by atoms with E-state index in [-0.39, 0.29) is 54.8 Å². The molecule has 1 aliphatic rings. The van der Waals surface area contributed by atoms with Crippen molar-refractivity contribution in [2.75, 3.05) is 25.0 Å². The average molecular weight is 364 g/mol. The zero-order chi connectivity index (χ0) is 18.5. The van der Waals surface area contributed by atoms with Crippen molar-refractivity contribution in [1.29, 1.82) is 0 Å². The number of hydrogen-bond acceptors (Lipinski definition) is 8. The lowest BCUT2D eigenvalue weighted by Gasteiger charge is -2.31. The number of amides is 1. The van der Waals surface area contributed by atoms with Gasteiger partial charge in [0, 0.05) is 6.54 Å². The maximum atomic E-state index is 13.4. The van der Waals surface area contributed by atoms with Gasteiger partial charge in [-0.05, 0) is 40.0 Å². The van der Waals surface area contributed by atoms with Gasteiger partial charge in [0.25, 0.3) is 0 Å². The molecule has 0 aliphatic heterocycles. The zero-order valence-corrected chi connectivity index (χ0v) is 13.6. The molecule has 138 valence electrons. The molecule has 0 unspecified atom stereocenters. The van der Waals surface area contributed by atoms with Gasteiger partial charge < -0.3 is 26.3 Å². The van der Waals surface area contributed by atoms with Crippen molar-refractivity contribution in [3.63, 3.8) is 0 Å². The second-order valence-corrected chi connectivity index (χ2v) is 5.58. The molecule has 3 rings (SSSR count). The van der Waals surface area contributed by atoms with Crippen LogP contribution in [0.1, 0.15) is 22.9 Å². The Balaban J connectivity index is 1.65. The minimum atomic E-state index is -0.369. The van der Waals surface area contributed by atoms with Crippen LogP contribution in [0.3, 0.4) is 0 Å². The van der Waals surface area contributed by atoms with E-state index in [9.17, 15) is 14.4 Å². The molecule has 1 aromatic heterocycles. The van der Waals surface area contributed by atoms with E-state index < -0.39 is 0 Å². The molecule has 1 amide bonds. The maximum Gasteiger partial charge on any atom is 0.239 e. The number of oxime groups is 1. The number of rotatable bonds is 7. The van der Waals surface area contributed by atoms with E-state index in [1.807, 2.05) is 0 Å². The summed E-state index contributed by atoms with van der Waals surface area (Å²) >= 11 is 0. The molecule has 26 heavy (non-hydrogen) atoms. The molecule has 11 heteroatoms. The average Bonchev–Trinajstić information content (AvgIpc) is 3.09. The highest BCUT2D eigenvalue weighted by Gasteiger charge is 2.29. The van der Waals surface area contributed by atoms with E-state index >= 15 is 0 Å². The normalized spacial score (nSPS) is 15.8. The largest absolute Gasteiger partial charge is 0.409 e. The third-order valence-electron chi connectivity index (χ3n) is 3.88. The lowest BCUT2D eigenvalue weighted by molar-refractivity contribution is -0.119. The van der Waals surface area contributed by atoms with Crippen LogP contribution in [-0.2, 0) is 11.2 Å². The molecule has 0 saturated heterocycles. The number of hydrogen-bond donors (Lipinski definition) is 5. The van der Waals surface area contributed by atoms with Gasteiger partial charge in [-0.3, -0.25) is 4.79 Å². The SMILES string of the molecule is O=C(CNc1nonc1/C(=N\O)N[C@H]1Cc2ccc(F)cc21)NCCO. The molecule has 1 aliphatic carbocycles. The molecule has 0 saturated carbocycles. The molecule has 0 bridgehead atoms. The highest BCUT2D eigenvalue weighted by atomic mass is 19.1. The number of aromatic nitrogens is 2. The van der Waals surface area contributed by atoms with E-state index in [1.54, 1.807) is 6.07 Å². The van der Waals surface area contributed by atoms with E-state index in [4.69, 9.17) is 5.11 Å². The topological polar surface area (TPSA) is 145 Å². The Morgan fingerprint density at radius 1 is 1.42 bits per heavy atom. The van der Waals surface area contributed by atoms with Crippen molar-refractivity contribution in [3.8, 4) is 0 Å². The highest BCUT2D eigenvalue weighted by Crippen LogP contribution is 2.33. The molecule has 0 spiro atoms. The van der Waals surface area contributed by atoms with Gasteiger partial charge in [-0.1, -0.05) is 11.2 Å². The molecule has 0 fully saturated rings. The van der Waals surface area contributed by atoms with Gasteiger partial charge in [0.15, 0.2) is 11.5 Å². The molecule has 5 N–H and O–H groups in total. The van der Waals surface area contributed by atoms with Crippen LogP contribution in [0, 0.1) is 5.82 Å². The lowest BCUT2D eigenvalue weighted by atomic mass is 9.83. The first-order valence-electron chi connectivity index (χ1n) is 7.83. The van der Waals surface area contributed by atoms with Crippen LogP contribution in [-0.4, -0.2) is 52.1 Å². The van der Waals surface area contributed by atoms with Crippen LogP contribution in [0.4, 0.5) is 10.2 Å². The summed E-state index contributed by atoms with van der Waals surface area (Å²) in [6.45, 7) is -0.179. The Hall–Kier alpha value is -3.21. The number of aliphatic hydroxyl groups is 1. The Morgan fingerprint density at radius 3 is 3.04 bits per heavy atom. The molecule has 2 aromatic rings. The van der Waals surface area contributed by atoms with Gasteiger partial charge in [-0.15, -0.1) is 0 Å². The number of aliphatic hydroxyl groups excluding tert-OH is 1. The molecule has 1 heterocycles. The van der Waals surface area contributed by atoms with E-state index in [2.05, 4.69) is 36.0 Å². The monoisotopic (exact) mass is 364 g/mol. The van der Waals surface area contributed by atoms with Crippen molar-refractivity contribution in [1.82, 2.24) is 20.9 Å². The van der Waals surface area contributed by atoms with Crippen LogP contribution in [0.15, 0.2) is 28.0 Å². The molecule has 1 atom stereocenters. The fourth-order valence-corrected chi connectivity index (χ4v) is 2.59. The number of amidine groups is 1. The minimum absolute atomic E-state index is 0.0237. The Bertz CT molecular complexity index is 824. The Morgan fingerprint density at radius 2 is 2.27 bits per heavy atom. The van der Waals surface area contributed by atoms with Gasteiger partial charge in [0.05, 0.1) is 19.2 Å². The van der Waals surface area contributed by atoms with Gasteiger partial charge in [0.2, 0.25) is 11.7 Å². The standard InChI is InChI=1S/C15H17FN6O4/c16-9-2-1-8-5-11(10(8)6-9)19-15(20-25)13-14(22-26-21-13)18-7-12(24)17-3-4-23/h1-2,6,11,23,25H,3-5,7H2,(H,17,24)(H,18,22)(H,19,20)/t11-/m0/s1. The number of halogens is 1. The van der Waals surface area contributed by atoms with Gasteiger partial charge in [-0.25, -0.2) is 9.02 Å². The zero-order valence-electron chi connectivity index (χ0n) is 13.6. The third kappa shape index (κ3) is 3.72. The summed E-state index contributed by atoms with van der Waals surface area (Å²) < 4.78 is 18.0. The first kappa shape index (κ1) is 17.6. The number of fused-ring (bicyclic) bond motifs is 1. The summed E-state index contributed by atoms with van der Waals surface area (Å²) in [4.78, 5) is 11.6. The van der Waals surface area contributed by atoms with Gasteiger partial charge in [-0.2, -0.15) is 0 Å². The summed E-state index contributed by atoms with van der Waals surface area (Å²) in [5, 5.41) is 36.5. The predicted molar refractivity (Wildman–Crippen MR) is 87.2 cm³/mol. The first-order chi connectivity index (χ1) is 12.6. The number of nitrogens with one attached hydrogen (secondary N) is 3. The quantitative estimate of drug-likeness (QED) is 0.196. The summed E-state index contributed by atoms with van der Waals surface area (Å²) in [5.74, 6) is -0.642. The van der Waals surface area contributed by atoms with Crippen LogP contribution >= 0.6 is 0 Å². The third-order valence-corrected chi connectivity index (χ3v) is 3.88. The highest BCUT2D eigenvalue weighted by molar-refractivity contribution is 6.01. The fraction of sp³-hybridized carbons (Fsp3) is 0.333. The van der Waals surface area contributed by atoms with Crippen molar-refractivity contribution in [3.05, 3.63) is 40.8 Å². The summed E-state index contributed by atoms with van der Waals surface area (Å²) in [5.41, 5.74) is 1.84. The first-order valence-corrected chi connectivity index (χ1v) is 7.83. The number of benzene rings is 1.